The Hall–Kier alpha value is -1.32. The van der Waals surface area contributed by atoms with E-state index in [2.05, 4.69) is 4.98 Å². The molecule has 0 N–H and O–H groups in total. The minimum absolute atomic E-state index is 0.153. The van der Waals surface area contributed by atoms with Gasteiger partial charge in [-0.15, -0.1) is 0 Å². The van der Waals surface area contributed by atoms with E-state index in [4.69, 9.17) is 4.42 Å². The summed E-state index contributed by atoms with van der Waals surface area (Å²) in [7, 11) is 3.34. The van der Waals surface area contributed by atoms with Crippen molar-refractivity contribution in [3.05, 3.63) is 17.8 Å². The van der Waals surface area contributed by atoms with E-state index in [0.29, 0.717) is 11.5 Å². The number of aromatic nitrogens is 1. The number of rotatable bonds is 1. The highest BCUT2D eigenvalue weighted by Crippen LogP contribution is 2.06. The molecule has 0 aliphatic heterocycles. The predicted octanol–water partition coefficient (Wildman–Crippen LogP) is 0.685. The van der Waals surface area contributed by atoms with Crippen LogP contribution in [0.15, 0.2) is 10.8 Å². The van der Waals surface area contributed by atoms with Crippen molar-refractivity contribution in [3.8, 4) is 0 Å². The van der Waals surface area contributed by atoms with E-state index >= 15 is 0 Å². The lowest BCUT2D eigenvalue weighted by Gasteiger charge is -2.06. The molecule has 1 heterocycles. The molecule has 0 aliphatic carbocycles. The van der Waals surface area contributed by atoms with Crippen molar-refractivity contribution in [3.63, 3.8) is 0 Å². The van der Waals surface area contributed by atoms with Crippen LogP contribution in [-0.4, -0.2) is 29.9 Å². The van der Waals surface area contributed by atoms with Crippen LogP contribution < -0.4 is 0 Å². The van der Waals surface area contributed by atoms with E-state index < -0.39 is 0 Å². The Morgan fingerprint density at radius 3 is 2.64 bits per heavy atom. The van der Waals surface area contributed by atoms with Gasteiger partial charge >= 0.3 is 0 Å². The summed E-state index contributed by atoms with van der Waals surface area (Å²) in [5, 5.41) is 0. The van der Waals surface area contributed by atoms with Crippen LogP contribution in [0.1, 0.15) is 16.2 Å². The Morgan fingerprint density at radius 1 is 1.64 bits per heavy atom. The van der Waals surface area contributed by atoms with Gasteiger partial charge in [0.25, 0.3) is 5.91 Å². The van der Waals surface area contributed by atoms with Gasteiger partial charge in [0, 0.05) is 14.1 Å². The standard InChI is InChI=1S/C7H10N2O2/c1-5-6(11-4-8-5)7(10)9(2)3/h4H,1-3H3. The Morgan fingerprint density at radius 2 is 2.27 bits per heavy atom. The predicted molar refractivity (Wildman–Crippen MR) is 39.3 cm³/mol. The summed E-state index contributed by atoms with van der Waals surface area (Å²) in [6.45, 7) is 1.74. The molecule has 0 spiro atoms. The average molecular weight is 154 g/mol. The zero-order valence-corrected chi connectivity index (χ0v) is 6.79. The van der Waals surface area contributed by atoms with Gasteiger partial charge in [-0.3, -0.25) is 4.79 Å². The van der Waals surface area contributed by atoms with Gasteiger partial charge in [0.1, 0.15) is 0 Å². The van der Waals surface area contributed by atoms with Crippen LogP contribution in [0.2, 0.25) is 0 Å². The van der Waals surface area contributed by atoms with Crippen LogP contribution in [0.4, 0.5) is 0 Å². The molecule has 0 aromatic carbocycles. The van der Waals surface area contributed by atoms with E-state index in [0.717, 1.165) is 0 Å². The first kappa shape index (κ1) is 7.78. The molecular weight excluding hydrogens is 144 g/mol. The molecule has 0 bridgehead atoms. The maximum atomic E-state index is 11.2. The number of hydrogen-bond acceptors (Lipinski definition) is 3. The van der Waals surface area contributed by atoms with Crippen LogP contribution in [0, 0.1) is 6.92 Å². The third kappa shape index (κ3) is 1.39. The van der Waals surface area contributed by atoms with Crippen molar-refractivity contribution in [2.45, 2.75) is 6.92 Å². The molecule has 1 aromatic rings. The lowest BCUT2D eigenvalue weighted by atomic mass is 10.3. The topological polar surface area (TPSA) is 46.3 Å². The third-order valence-corrected chi connectivity index (χ3v) is 1.35. The zero-order valence-electron chi connectivity index (χ0n) is 6.79. The van der Waals surface area contributed by atoms with E-state index in [9.17, 15) is 4.79 Å². The van der Waals surface area contributed by atoms with Gasteiger partial charge in [0.2, 0.25) is 5.76 Å². The van der Waals surface area contributed by atoms with Crippen molar-refractivity contribution in [2.75, 3.05) is 14.1 Å². The molecule has 1 aromatic heterocycles. The summed E-state index contributed by atoms with van der Waals surface area (Å²) in [6, 6.07) is 0. The van der Waals surface area contributed by atoms with Crippen LogP contribution in [0.3, 0.4) is 0 Å². The van der Waals surface area contributed by atoms with E-state index in [1.165, 1.54) is 11.3 Å². The first-order chi connectivity index (χ1) is 5.13. The lowest BCUT2D eigenvalue weighted by molar-refractivity contribution is 0.0796. The molecule has 0 saturated heterocycles. The minimum Gasteiger partial charge on any atom is -0.438 e. The molecule has 0 fully saturated rings. The van der Waals surface area contributed by atoms with Gasteiger partial charge in [-0.1, -0.05) is 0 Å². The molecule has 1 amide bonds. The number of carbonyl (C=O) groups is 1. The number of aryl methyl sites for hydroxylation is 1. The van der Waals surface area contributed by atoms with E-state index in [-0.39, 0.29) is 5.91 Å². The molecule has 60 valence electrons. The third-order valence-electron chi connectivity index (χ3n) is 1.35. The molecule has 0 saturated carbocycles. The van der Waals surface area contributed by atoms with Gasteiger partial charge in [-0.2, -0.15) is 0 Å². The Labute approximate surface area is 64.8 Å². The highest BCUT2D eigenvalue weighted by Gasteiger charge is 2.14. The lowest BCUT2D eigenvalue weighted by Crippen LogP contribution is -2.21. The smallest absolute Gasteiger partial charge is 0.291 e. The van der Waals surface area contributed by atoms with Gasteiger partial charge in [-0.05, 0) is 6.92 Å². The van der Waals surface area contributed by atoms with Gasteiger partial charge < -0.3 is 9.32 Å². The first-order valence-corrected chi connectivity index (χ1v) is 3.24. The van der Waals surface area contributed by atoms with Gasteiger partial charge in [0.15, 0.2) is 6.39 Å². The fraction of sp³-hybridized carbons (Fsp3) is 0.429. The van der Waals surface area contributed by atoms with E-state index in [1.54, 1.807) is 21.0 Å². The Bertz CT molecular complexity index is 265. The van der Waals surface area contributed by atoms with Crippen LogP contribution in [0.25, 0.3) is 0 Å². The maximum absolute atomic E-state index is 11.2. The second-order valence-corrected chi connectivity index (χ2v) is 2.47. The molecular formula is C7H10N2O2. The molecule has 0 unspecified atom stereocenters. The quantitative estimate of drug-likeness (QED) is 0.597. The molecule has 11 heavy (non-hydrogen) atoms. The summed E-state index contributed by atoms with van der Waals surface area (Å²) in [5.41, 5.74) is 0.628. The summed E-state index contributed by atoms with van der Waals surface area (Å²) in [5.74, 6) is 0.162. The van der Waals surface area contributed by atoms with Crippen LogP contribution in [-0.2, 0) is 0 Å². The molecule has 0 atom stereocenters. The number of hydrogen-bond donors (Lipinski definition) is 0. The van der Waals surface area contributed by atoms with E-state index in [1.807, 2.05) is 0 Å². The summed E-state index contributed by atoms with van der Waals surface area (Å²) in [4.78, 5) is 16.5. The Kier molecular flexibility index (Phi) is 1.94. The highest BCUT2D eigenvalue weighted by molar-refractivity contribution is 5.91. The Balaban J connectivity index is 2.93. The highest BCUT2D eigenvalue weighted by atomic mass is 16.3. The fourth-order valence-electron chi connectivity index (χ4n) is 0.710. The van der Waals surface area contributed by atoms with Crippen molar-refractivity contribution < 1.29 is 9.21 Å². The molecule has 0 radical (unpaired) electrons. The molecule has 0 aliphatic rings. The molecule has 1 rings (SSSR count). The summed E-state index contributed by atoms with van der Waals surface area (Å²) < 4.78 is 4.89. The van der Waals surface area contributed by atoms with Gasteiger partial charge in [-0.25, -0.2) is 4.98 Å². The molecule has 4 nitrogen and oxygen atoms in total. The monoisotopic (exact) mass is 154 g/mol. The van der Waals surface area contributed by atoms with Crippen molar-refractivity contribution in [2.24, 2.45) is 0 Å². The van der Waals surface area contributed by atoms with Crippen LogP contribution in [0.5, 0.6) is 0 Å². The number of oxazole rings is 1. The fourth-order valence-corrected chi connectivity index (χ4v) is 0.710. The molecule has 4 heteroatoms. The first-order valence-electron chi connectivity index (χ1n) is 3.24. The second kappa shape index (κ2) is 2.74. The van der Waals surface area contributed by atoms with Crippen molar-refractivity contribution in [1.82, 2.24) is 9.88 Å². The number of amides is 1. The van der Waals surface area contributed by atoms with Crippen molar-refractivity contribution >= 4 is 5.91 Å². The van der Waals surface area contributed by atoms with Crippen LogP contribution >= 0.6 is 0 Å². The van der Waals surface area contributed by atoms with Gasteiger partial charge in [0.05, 0.1) is 5.69 Å². The average Bonchev–Trinajstić information content (AvgIpc) is 2.33. The zero-order chi connectivity index (χ0) is 8.43. The normalized spacial score (nSPS) is 9.73. The SMILES string of the molecule is Cc1ncoc1C(=O)N(C)C. The summed E-state index contributed by atoms with van der Waals surface area (Å²) >= 11 is 0. The maximum Gasteiger partial charge on any atom is 0.291 e. The minimum atomic E-state index is -0.153. The van der Waals surface area contributed by atoms with Crippen molar-refractivity contribution in [1.29, 1.82) is 0 Å². The second-order valence-electron chi connectivity index (χ2n) is 2.47. The number of carbonyl (C=O) groups excluding carboxylic acids is 1. The largest absolute Gasteiger partial charge is 0.438 e. The number of nitrogens with zero attached hydrogens (tertiary/aromatic N) is 2. The summed E-state index contributed by atoms with van der Waals surface area (Å²) in [6.07, 6.45) is 1.27.